The molecule has 1 aromatic rings. The highest BCUT2D eigenvalue weighted by Crippen LogP contribution is 2.47. The highest BCUT2D eigenvalue weighted by molar-refractivity contribution is 5.70. The van der Waals surface area contributed by atoms with Gasteiger partial charge in [-0.2, -0.15) is 0 Å². The first-order chi connectivity index (χ1) is 15.5. The number of piperidine rings is 1. The Morgan fingerprint density at radius 2 is 1.70 bits per heavy atom. The molecular weight excluding hydrogens is 428 g/mol. The number of benzene rings is 1. The molecule has 3 saturated heterocycles. The lowest BCUT2D eigenvalue weighted by molar-refractivity contribution is -0.159. The minimum atomic E-state index is -1.05. The number of likely N-dealkylation sites (tertiary alicyclic amines) is 1. The number of nitrogens with zero attached hydrogens (tertiary/aromatic N) is 3. The third-order valence-corrected chi connectivity index (χ3v) is 7.16. The molecule has 1 aromatic carbocycles. The molecule has 0 bridgehead atoms. The molecule has 5 atom stereocenters. The van der Waals surface area contributed by atoms with Crippen LogP contribution in [0, 0.1) is 5.41 Å². The molecule has 0 radical (unpaired) electrons. The molecule has 1 amide bonds. The Morgan fingerprint density at radius 1 is 1.03 bits per heavy atom. The zero-order chi connectivity index (χ0) is 23.7. The summed E-state index contributed by atoms with van der Waals surface area (Å²) in [6.45, 7) is 8.57. The van der Waals surface area contributed by atoms with Crippen LogP contribution in [-0.4, -0.2) is 86.6 Å². The molecule has 5 rings (SSSR count). The Morgan fingerprint density at radius 3 is 2.33 bits per heavy atom. The van der Waals surface area contributed by atoms with Crippen molar-refractivity contribution in [2.45, 2.75) is 70.2 Å². The summed E-state index contributed by atoms with van der Waals surface area (Å²) in [6, 6.07) is 5.15. The normalized spacial score (nSPS) is 33.5. The molecule has 4 heterocycles. The lowest BCUT2D eigenvalue weighted by atomic mass is 9.72. The van der Waals surface area contributed by atoms with Gasteiger partial charge >= 0.3 is 6.09 Å². The second kappa shape index (κ2) is 7.79. The maximum atomic E-state index is 12.2. The second-order valence-corrected chi connectivity index (χ2v) is 11.0. The van der Waals surface area contributed by atoms with Crippen molar-refractivity contribution in [3.8, 4) is 0 Å². The van der Waals surface area contributed by atoms with Gasteiger partial charge in [-0.3, -0.25) is 5.32 Å². The van der Waals surface area contributed by atoms with E-state index in [9.17, 15) is 25.2 Å². The van der Waals surface area contributed by atoms with Gasteiger partial charge in [0.1, 0.15) is 30.5 Å². The number of aliphatic hydroxyl groups is 4. The van der Waals surface area contributed by atoms with E-state index in [2.05, 4.69) is 10.2 Å². The third kappa shape index (κ3) is 3.98. The van der Waals surface area contributed by atoms with Crippen LogP contribution in [0.3, 0.4) is 0 Å². The van der Waals surface area contributed by atoms with Crippen LogP contribution < -0.4 is 10.2 Å². The fourth-order valence-electron chi connectivity index (χ4n) is 5.59. The van der Waals surface area contributed by atoms with E-state index in [1.54, 1.807) is 4.90 Å². The SMILES string of the molecule is CC(C)(C)OC(=O)N1CC2(C1)CN(c1ccc3c(c1)C(O)N(C1CCC(O)NC1O)C3O)C2. The molecule has 10 heteroatoms. The van der Waals surface area contributed by atoms with Crippen LogP contribution in [0.5, 0.6) is 0 Å². The second-order valence-electron chi connectivity index (χ2n) is 11.0. The molecular formula is C23H34N4O6. The predicted octanol–water partition coefficient (Wildman–Crippen LogP) is 0.430. The minimum Gasteiger partial charge on any atom is -0.444 e. The summed E-state index contributed by atoms with van der Waals surface area (Å²) in [7, 11) is 0. The largest absolute Gasteiger partial charge is 0.444 e. The number of nitrogens with one attached hydrogen (secondary N) is 1. The summed E-state index contributed by atoms with van der Waals surface area (Å²) in [5.74, 6) is 0. The van der Waals surface area contributed by atoms with E-state index in [1.807, 2.05) is 39.0 Å². The Labute approximate surface area is 193 Å². The van der Waals surface area contributed by atoms with Crippen LogP contribution in [0.4, 0.5) is 10.5 Å². The maximum Gasteiger partial charge on any atom is 0.410 e. The van der Waals surface area contributed by atoms with Gasteiger partial charge in [0.2, 0.25) is 0 Å². The standard InChI is InChI=1S/C23H34N4O6/c1-22(2,3)33-21(32)26-11-23(12-26)9-25(10-23)13-4-5-14-15(8-13)20(31)27(19(14)30)16-6-7-17(28)24-18(16)29/h4-5,8,16-20,24,28-31H,6-7,9-12H2,1-3H3. The van der Waals surface area contributed by atoms with Gasteiger partial charge in [-0.25, -0.2) is 9.69 Å². The van der Waals surface area contributed by atoms with Crippen LogP contribution >= 0.6 is 0 Å². The fraction of sp³-hybridized carbons (Fsp3) is 0.696. The number of carbonyl (C=O) groups excluding carboxylic acids is 1. The fourth-order valence-corrected chi connectivity index (χ4v) is 5.59. The van der Waals surface area contributed by atoms with E-state index in [1.165, 1.54) is 4.90 Å². The smallest absolute Gasteiger partial charge is 0.410 e. The number of hydrogen-bond acceptors (Lipinski definition) is 9. The molecule has 0 aliphatic carbocycles. The number of fused-ring (bicyclic) bond motifs is 1. The monoisotopic (exact) mass is 462 g/mol. The van der Waals surface area contributed by atoms with Crippen LogP contribution in [0.2, 0.25) is 0 Å². The van der Waals surface area contributed by atoms with Gasteiger partial charge in [0.25, 0.3) is 0 Å². The van der Waals surface area contributed by atoms with E-state index in [0.717, 1.165) is 18.8 Å². The van der Waals surface area contributed by atoms with Crippen LogP contribution in [-0.2, 0) is 4.74 Å². The van der Waals surface area contributed by atoms with Crippen molar-refractivity contribution in [2.75, 3.05) is 31.1 Å². The first kappa shape index (κ1) is 22.8. The van der Waals surface area contributed by atoms with Crippen molar-refractivity contribution in [3.63, 3.8) is 0 Å². The number of aliphatic hydroxyl groups excluding tert-OH is 4. The van der Waals surface area contributed by atoms with Crippen molar-refractivity contribution in [1.82, 2.24) is 15.1 Å². The summed E-state index contributed by atoms with van der Waals surface area (Å²) in [5.41, 5.74) is 1.79. The van der Waals surface area contributed by atoms with E-state index in [0.29, 0.717) is 37.1 Å². The van der Waals surface area contributed by atoms with Crippen molar-refractivity contribution >= 4 is 11.8 Å². The first-order valence-corrected chi connectivity index (χ1v) is 11.6. The van der Waals surface area contributed by atoms with Gasteiger partial charge in [0, 0.05) is 48.4 Å². The molecule has 5 unspecified atom stereocenters. The number of hydrogen-bond donors (Lipinski definition) is 5. The molecule has 4 aliphatic rings. The summed E-state index contributed by atoms with van der Waals surface area (Å²) in [5, 5.41) is 44.5. The van der Waals surface area contributed by atoms with Crippen molar-refractivity contribution in [2.24, 2.45) is 5.41 Å². The number of rotatable bonds is 2. The van der Waals surface area contributed by atoms with Crippen molar-refractivity contribution in [1.29, 1.82) is 0 Å². The Kier molecular flexibility index (Phi) is 5.39. The molecule has 10 nitrogen and oxygen atoms in total. The number of ether oxygens (including phenoxy) is 1. The average molecular weight is 463 g/mol. The zero-order valence-electron chi connectivity index (χ0n) is 19.3. The van der Waals surface area contributed by atoms with E-state index in [-0.39, 0.29) is 11.5 Å². The summed E-state index contributed by atoms with van der Waals surface area (Å²) in [6.07, 6.45) is -3.31. The summed E-state index contributed by atoms with van der Waals surface area (Å²) in [4.78, 5) is 17.7. The molecule has 0 aromatic heterocycles. The lowest BCUT2D eigenvalue weighted by Gasteiger charge is -2.60. The first-order valence-electron chi connectivity index (χ1n) is 11.6. The molecule has 0 saturated carbocycles. The molecule has 4 aliphatic heterocycles. The molecule has 33 heavy (non-hydrogen) atoms. The van der Waals surface area contributed by atoms with Crippen LogP contribution in [0.15, 0.2) is 18.2 Å². The maximum absolute atomic E-state index is 12.2. The van der Waals surface area contributed by atoms with Gasteiger partial charge in [-0.1, -0.05) is 6.07 Å². The Hall–Kier alpha value is -1.95. The van der Waals surface area contributed by atoms with Gasteiger partial charge in [0.15, 0.2) is 0 Å². The molecule has 3 fully saturated rings. The molecule has 1 spiro atoms. The van der Waals surface area contributed by atoms with Crippen LogP contribution in [0.1, 0.15) is 57.2 Å². The predicted molar refractivity (Wildman–Crippen MR) is 119 cm³/mol. The Bertz CT molecular complexity index is 922. The number of anilines is 1. The zero-order valence-corrected chi connectivity index (χ0v) is 19.3. The highest BCUT2D eigenvalue weighted by atomic mass is 16.6. The third-order valence-electron chi connectivity index (χ3n) is 7.16. The van der Waals surface area contributed by atoms with E-state index in [4.69, 9.17) is 4.74 Å². The number of carbonyl (C=O) groups is 1. The van der Waals surface area contributed by atoms with Gasteiger partial charge in [-0.05, 0) is 45.7 Å². The molecule has 182 valence electrons. The van der Waals surface area contributed by atoms with Gasteiger partial charge in [0.05, 0.1) is 6.04 Å². The number of amides is 1. The highest BCUT2D eigenvalue weighted by Gasteiger charge is 2.54. The minimum absolute atomic E-state index is 0.0821. The van der Waals surface area contributed by atoms with Crippen molar-refractivity contribution in [3.05, 3.63) is 29.3 Å². The van der Waals surface area contributed by atoms with Gasteiger partial charge in [-0.15, -0.1) is 0 Å². The Balaban J connectivity index is 1.22. The average Bonchev–Trinajstić information content (AvgIpc) is 2.89. The van der Waals surface area contributed by atoms with Gasteiger partial charge < -0.3 is 35.0 Å². The van der Waals surface area contributed by atoms with E-state index < -0.39 is 36.6 Å². The van der Waals surface area contributed by atoms with Crippen LogP contribution in [0.25, 0.3) is 0 Å². The lowest BCUT2D eigenvalue weighted by Crippen LogP contribution is -2.73. The quantitative estimate of drug-likeness (QED) is 0.425. The molecule has 5 N–H and O–H groups in total. The summed E-state index contributed by atoms with van der Waals surface area (Å²) >= 11 is 0. The van der Waals surface area contributed by atoms with Crippen molar-refractivity contribution < 1.29 is 30.0 Å². The summed E-state index contributed by atoms with van der Waals surface area (Å²) < 4.78 is 5.44. The van der Waals surface area contributed by atoms with E-state index >= 15 is 0 Å². The topological polar surface area (TPSA) is 129 Å².